The molecule has 0 bridgehead atoms. The Labute approximate surface area is 166 Å². The van der Waals surface area contributed by atoms with Crippen LogP contribution < -0.4 is 10.6 Å². The molecule has 0 atom stereocenters. The molecule has 7 nitrogen and oxygen atoms in total. The van der Waals surface area contributed by atoms with Gasteiger partial charge in [0.2, 0.25) is 0 Å². The van der Waals surface area contributed by atoms with E-state index in [1.54, 1.807) is 12.1 Å². The summed E-state index contributed by atoms with van der Waals surface area (Å²) in [5, 5.41) is 17.1. The number of ether oxygens (including phenoxy) is 1. The zero-order chi connectivity index (χ0) is 17.8. The molecule has 0 unspecified atom stereocenters. The Bertz CT molecular complexity index is 562. The Hall–Kier alpha value is -1.68. The quantitative estimate of drug-likeness (QED) is 0.106. The van der Waals surface area contributed by atoms with Gasteiger partial charge in [0.25, 0.3) is 5.69 Å². The van der Waals surface area contributed by atoms with Crippen LogP contribution in [0.4, 0.5) is 5.69 Å². The molecule has 0 amide bonds. The number of non-ortho nitro benzene ring substituents is 1. The van der Waals surface area contributed by atoms with Crippen molar-refractivity contribution in [2.75, 3.05) is 26.3 Å². The molecule has 25 heavy (non-hydrogen) atoms. The van der Waals surface area contributed by atoms with E-state index in [2.05, 4.69) is 22.2 Å². The molecule has 0 saturated carbocycles. The van der Waals surface area contributed by atoms with E-state index in [4.69, 9.17) is 4.74 Å². The third kappa shape index (κ3) is 10.7. The first-order valence-electron chi connectivity index (χ1n) is 8.00. The summed E-state index contributed by atoms with van der Waals surface area (Å²) in [6, 6.07) is 6.41. The average molecular weight is 462 g/mol. The third-order valence-electron chi connectivity index (χ3n) is 3.09. The first-order chi connectivity index (χ1) is 11.5. The number of nitro groups is 1. The topological polar surface area (TPSA) is 88.8 Å². The maximum atomic E-state index is 10.7. The molecular weight excluding hydrogens is 435 g/mol. The largest absolute Gasteiger partial charge is 0.382 e. The Balaban J connectivity index is 0.00000576. The molecule has 0 aliphatic heterocycles. The fourth-order valence-corrected chi connectivity index (χ4v) is 1.83. The predicted octanol–water partition coefficient (Wildman–Crippen LogP) is 3.25. The lowest BCUT2D eigenvalue weighted by atomic mass is 10.2. The number of nitrogens with one attached hydrogen (secondary N) is 2. The summed E-state index contributed by atoms with van der Waals surface area (Å²) in [7, 11) is 0. The molecule has 0 heterocycles. The second-order valence-electron chi connectivity index (χ2n) is 5.38. The second-order valence-corrected chi connectivity index (χ2v) is 5.38. The Morgan fingerprint density at radius 2 is 2.00 bits per heavy atom. The molecule has 0 aliphatic carbocycles. The summed E-state index contributed by atoms with van der Waals surface area (Å²) >= 11 is 0. The number of nitrogens with zero attached hydrogens (tertiary/aromatic N) is 2. The van der Waals surface area contributed by atoms with E-state index in [-0.39, 0.29) is 29.7 Å². The van der Waals surface area contributed by atoms with Crippen LogP contribution in [0.25, 0.3) is 0 Å². The third-order valence-corrected chi connectivity index (χ3v) is 3.09. The maximum absolute atomic E-state index is 10.7. The van der Waals surface area contributed by atoms with Crippen LogP contribution in [0.15, 0.2) is 41.4 Å². The van der Waals surface area contributed by atoms with Gasteiger partial charge < -0.3 is 15.4 Å². The highest BCUT2D eigenvalue weighted by Crippen LogP contribution is 2.12. The van der Waals surface area contributed by atoms with Gasteiger partial charge in [-0.3, -0.25) is 10.1 Å². The van der Waals surface area contributed by atoms with Crippen LogP contribution in [-0.4, -0.2) is 37.2 Å². The highest BCUT2D eigenvalue weighted by Gasteiger charge is 2.04. The zero-order valence-corrected chi connectivity index (χ0v) is 17.1. The van der Waals surface area contributed by atoms with Gasteiger partial charge in [0.15, 0.2) is 5.96 Å². The van der Waals surface area contributed by atoms with Crippen LogP contribution in [0.2, 0.25) is 0 Å². The van der Waals surface area contributed by atoms with Gasteiger partial charge in [-0.1, -0.05) is 24.3 Å². The summed E-state index contributed by atoms with van der Waals surface area (Å²) in [5.74, 6) is 0.688. The summed E-state index contributed by atoms with van der Waals surface area (Å²) in [6.07, 6.45) is 0.888. The van der Waals surface area contributed by atoms with Crippen molar-refractivity contribution >= 4 is 35.6 Å². The molecule has 0 aliphatic rings. The van der Waals surface area contributed by atoms with Crippen LogP contribution >= 0.6 is 24.0 Å². The Morgan fingerprint density at radius 3 is 2.56 bits per heavy atom. The van der Waals surface area contributed by atoms with Crippen molar-refractivity contribution in [1.82, 2.24) is 10.6 Å². The number of aliphatic imine (C=N–C) groups is 1. The van der Waals surface area contributed by atoms with E-state index in [9.17, 15) is 10.1 Å². The standard InChI is InChI=1S/C17H26N4O3.HI/c1-4-24-11-5-10-18-17(19-12-14(2)3)20-13-15-6-8-16(9-7-15)21(22)23;/h6-9H,2,4-5,10-13H2,1,3H3,(H2,18,19,20);1H. The molecule has 140 valence electrons. The molecular formula is C17H27IN4O3. The minimum absolute atomic E-state index is 0. The molecule has 0 radical (unpaired) electrons. The second kappa shape index (κ2) is 13.6. The van der Waals surface area contributed by atoms with Gasteiger partial charge >= 0.3 is 0 Å². The van der Waals surface area contributed by atoms with Crippen LogP contribution in [0.5, 0.6) is 0 Å². The first-order valence-corrected chi connectivity index (χ1v) is 8.00. The van der Waals surface area contributed by atoms with Gasteiger partial charge in [0, 0.05) is 38.4 Å². The SMILES string of the molecule is C=C(C)CNC(=NCc1ccc([N+](=O)[O-])cc1)NCCCOCC.I. The molecule has 0 aromatic heterocycles. The summed E-state index contributed by atoms with van der Waals surface area (Å²) in [5.41, 5.74) is 2.00. The lowest BCUT2D eigenvalue weighted by molar-refractivity contribution is -0.384. The number of hydrogen-bond acceptors (Lipinski definition) is 4. The normalized spacial score (nSPS) is 10.7. The highest BCUT2D eigenvalue weighted by molar-refractivity contribution is 14.0. The van der Waals surface area contributed by atoms with Gasteiger partial charge in [-0.25, -0.2) is 4.99 Å². The summed E-state index contributed by atoms with van der Waals surface area (Å²) in [6.45, 7) is 11.0. The number of benzene rings is 1. The zero-order valence-electron chi connectivity index (χ0n) is 14.8. The van der Waals surface area contributed by atoms with E-state index in [1.165, 1.54) is 12.1 Å². The van der Waals surface area contributed by atoms with Crippen molar-refractivity contribution in [3.63, 3.8) is 0 Å². The molecule has 0 spiro atoms. The van der Waals surface area contributed by atoms with Gasteiger partial charge in [0.05, 0.1) is 11.5 Å². The lowest BCUT2D eigenvalue weighted by Crippen LogP contribution is -2.38. The number of guanidine groups is 1. The number of rotatable bonds is 10. The van der Waals surface area contributed by atoms with Gasteiger partial charge in [0.1, 0.15) is 0 Å². The Morgan fingerprint density at radius 1 is 1.32 bits per heavy atom. The fourth-order valence-electron chi connectivity index (χ4n) is 1.83. The fraction of sp³-hybridized carbons (Fsp3) is 0.471. The van der Waals surface area contributed by atoms with Crippen LogP contribution in [0.3, 0.4) is 0 Å². The molecule has 1 aromatic carbocycles. The van der Waals surface area contributed by atoms with E-state index in [0.29, 0.717) is 25.7 Å². The summed E-state index contributed by atoms with van der Waals surface area (Å²) in [4.78, 5) is 14.8. The molecule has 8 heteroatoms. The molecule has 1 rings (SSSR count). The van der Waals surface area contributed by atoms with Crippen molar-refractivity contribution in [2.45, 2.75) is 26.8 Å². The Kier molecular flexibility index (Phi) is 12.7. The smallest absolute Gasteiger partial charge is 0.269 e. The van der Waals surface area contributed by atoms with Gasteiger partial charge in [-0.15, -0.1) is 24.0 Å². The van der Waals surface area contributed by atoms with Crippen molar-refractivity contribution in [3.05, 3.63) is 52.1 Å². The van der Waals surface area contributed by atoms with Crippen LogP contribution in [0, 0.1) is 10.1 Å². The number of hydrogen-bond donors (Lipinski definition) is 2. The molecule has 2 N–H and O–H groups in total. The van der Waals surface area contributed by atoms with Crippen molar-refractivity contribution < 1.29 is 9.66 Å². The van der Waals surface area contributed by atoms with Crippen molar-refractivity contribution in [1.29, 1.82) is 0 Å². The minimum atomic E-state index is -0.410. The summed E-state index contributed by atoms with van der Waals surface area (Å²) < 4.78 is 5.30. The highest BCUT2D eigenvalue weighted by atomic mass is 127. The predicted molar refractivity (Wildman–Crippen MR) is 112 cm³/mol. The molecule has 1 aromatic rings. The van der Waals surface area contributed by atoms with E-state index in [1.807, 2.05) is 13.8 Å². The molecule has 0 fully saturated rings. The van der Waals surface area contributed by atoms with Crippen LogP contribution in [0.1, 0.15) is 25.8 Å². The van der Waals surface area contributed by atoms with Crippen LogP contribution in [-0.2, 0) is 11.3 Å². The minimum Gasteiger partial charge on any atom is -0.382 e. The monoisotopic (exact) mass is 462 g/mol. The van der Waals surface area contributed by atoms with E-state index in [0.717, 1.165) is 30.7 Å². The lowest BCUT2D eigenvalue weighted by Gasteiger charge is -2.12. The van der Waals surface area contributed by atoms with Crippen molar-refractivity contribution in [2.24, 2.45) is 4.99 Å². The van der Waals surface area contributed by atoms with E-state index < -0.39 is 4.92 Å². The van der Waals surface area contributed by atoms with Crippen molar-refractivity contribution in [3.8, 4) is 0 Å². The van der Waals surface area contributed by atoms with E-state index >= 15 is 0 Å². The average Bonchev–Trinajstić information content (AvgIpc) is 2.56. The maximum Gasteiger partial charge on any atom is 0.269 e. The number of halogens is 1. The molecule has 0 saturated heterocycles. The number of nitro benzene ring substituents is 1. The van der Waals surface area contributed by atoms with Gasteiger partial charge in [-0.05, 0) is 25.8 Å². The first kappa shape index (κ1) is 23.3. The van der Waals surface area contributed by atoms with Gasteiger partial charge in [-0.2, -0.15) is 0 Å².